The molecule has 3 aromatic heterocycles. The van der Waals surface area contributed by atoms with Crippen molar-refractivity contribution in [3.8, 4) is 11.3 Å². The Balaban J connectivity index is 1.34. The van der Waals surface area contributed by atoms with E-state index in [1.807, 2.05) is 36.8 Å². The van der Waals surface area contributed by atoms with E-state index in [1.165, 1.54) is 24.2 Å². The Morgan fingerprint density at radius 2 is 2.08 bits per heavy atom. The highest BCUT2D eigenvalue weighted by molar-refractivity contribution is 7.20. The molecule has 0 atom stereocenters. The summed E-state index contributed by atoms with van der Waals surface area (Å²) in [5, 5.41) is 17.6. The minimum Gasteiger partial charge on any atom is -0.353 e. The van der Waals surface area contributed by atoms with Crippen LogP contribution in [0.1, 0.15) is 24.7 Å². The van der Waals surface area contributed by atoms with Crippen molar-refractivity contribution in [3.63, 3.8) is 0 Å². The Morgan fingerprint density at radius 1 is 1.24 bits per heavy atom. The lowest BCUT2D eigenvalue weighted by Gasteiger charge is -2.04. The highest BCUT2D eigenvalue weighted by Gasteiger charge is 2.25. The van der Waals surface area contributed by atoms with Gasteiger partial charge in [0.15, 0.2) is 5.82 Å². The molecule has 1 aliphatic rings. The summed E-state index contributed by atoms with van der Waals surface area (Å²) >= 11 is 7.45. The Morgan fingerprint density at radius 3 is 2.84 bits per heavy atom. The van der Waals surface area contributed by atoms with Gasteiger partial charge in [0.2, 0.25) is 10.1 Å². The van der Waals surface area contributed by atoms with Gasteiger partial charge in [0.1, 0.15) is 6.33 Å². The molecule has 126 valence electrons. The second-order valence-corrected chi connectivity index (χ2v) is 7.40. The second kappa shape index (κ2) is 5.82. The maximum absolute atomic E-state index is 5.93. The molecule has 0 bridgehead atoms. The van der Waals surface area contributed by atoms with Crippen molar-refractivity contribution in [2.45, 2.75) is 25.4 Å². The van der Waals surface area contributed by atoms with Crippen molar-refractivity contribution < 1.29 is 0 Å². The van der Waals surface area contributed by atoms with Crippen LogP contribution < -0.4 is 5.32 Å². The van der Waals surface area contributed by atoms with E-state index in [-0.39, 0.29) is 0 Å². The monoisotopic (exact) mass is 371 g/mol. The van der Waals surface area contributed by atoms with Gasteiger partial charge in [-0.3, -0.25) is 0 Å². The van der Waals surface area contributed by atoms with Crippen molar-refractivity contribution >= 4 is 33.0 Å². The minimum atomic E-state index is 0.572. The first-order valence-corrected chi connectivity index (χ1v) is 9.20. The van der Waals surface area contributed by atoms with Crippen molar-refractivity contribution in [2.75, 3.05) is 5.32 Å². The Bertz CT molecular complexity index is 997. The van der Waals surface area contributed by atoms with Gasteiger partial charge in [-0.25, -0.2) is 9.50 Å². The van der Waals surface area contributed by atoms with Crippen LogP contribution in [0.3, 0.4) is 0 Å². The summed E-state index contributed by atoms with van der Waals surface area (Å²) in [6.45, 7) is 0.608. The third-order valence-corrected chi connectivity index (χ3v) is 5.30. The molecule has 0 spiro atoms. The lowest BCUT2D eigenvalue weighted by atomic mass is 10.2. The molecule has 4 aromatic rings. The van der Waals surface area contributed by atoms with E-state index in [4.69, 9.17) is 11.6 Å². The normalized spacial score (nSPS) is 14.3. The average molecular weight is 372 g/mol. The molecule has 1 saturated carbocycles. The van der Waals surface area contributed by atoms with Gasteiger partial charge in [0, 0.05) is 16.6 Å². The molecule has 3 heterocycles. The van der Waals surface area contributed by atoms with E-state index in [2.05, 4.69) is 30.2 Å². The van der Waals surface area contributed by atoms with Crippen LogP contribution >= 0.6 is 22.9 Å². The predicted octanol–water partition coefficient (Wildman–Crippen LogP) is 3.65. The van der Waals surface area contributed by atoms with Crippen molar-refractivity contribution in [1.29, 1.82) is 0 Å². The summed E-state index contributed by atoms with van der Waals surface area (Å²) < 4.78 is 3.94. The summed E-state index contributed by atoms with van der Waals surface area (Å²) in [6.07, 6.45) is 6.15. The molecule has 0 radical (unpaired) electrons. The largest absolute Gasteiger partial charge is 0.353 e. The number of fused-ring (bicyclic) bond motifs is 1. The average Bonchev–Trinajstić information content (AvgIpc) is 3.03. The van der Waals surface area contributed by atoms with Crippen LogP contribution in [0.5, 0.6) is 0 Å². The van der Waals surface area contributed by atoms with E-state index in [1.54, 1.807) is 4.52 Å². The van der Waals surface area contributed by atoms with E-state index in [0.717, 1.165) is 27.2 Å². The lowest BCUT2D eigenvalue weighted by Crippen LogP contribution is -2.07. The van der Waals surface area contributed by atoms with Crippen LogP contribution in [-0.4, -0.2) is 29.4 Å². The van der Waals surface area contributed by atoms with Crippen molar-refractivity contribution in [1.82, 2.24) is 29.4 Å². The number of imidazole rings is 1. The van der Waals surface area contributed by atoms with E-state index in [0.29, 0.717) is 17.6 Å². The zero-order valence-electron chi connectivity index (χ0n) is 13.1. The third kappa shape index (κ3) is 2.87. The maximum atomic E-state index is 5.93. The first-order valence-electron chi connectivity index (χ1n) is 8.01. The number of anilines is 1. The van der Waals surface area contributed by atoms with Gasteiger partial charge >= 0.3 is 0 Å². The molecule has 1 aliphatic carbocycles. The fraction of sp³-hybridized carbons (Fsp3) is 0.250. The molecule has 25 heavy (non-hydrogen) atoms. The summed E-state index contributed by atoms with van der Waals surface area (Å²) in [6, 6.07) is 8.21. The molecule has 9 heteroatoms. The molecule has 1 N–H and O–H groups in total. The first kappa shape index (κ1) is 14.9. The smallest absolute Gasteiger partial charge is 0.214 e. The zero-order valence-corrected chi connectivity index (χ0v) is 14.7. The lowest BCUT2D eigenvalue weighted by molar-refractivity contribution is 0.689. The predicted molar refractivity (Wildman–Crippen MR) is 96.9 cm³/mol. The number of rotatable bonds is 5. The molecule has 5 rings (SSSR count). The van der Waals surface area contributed by atoms with E-state index < -0.39 is 0 Å². The number of nitrogens with one attached hydrogen (secondary N) is 1. The van der Waals surface area contributed by atoms with Gasteiger partial charge in [-0.15, -0.1) is 15.3 Å². The molecule has 0 saturated heterocycles. The fourth-order valence-corrected chi connectivity index (χ4v) is 3.64. The molecular weight excluding hydrogens is 358 g/mol. The SMILES string of the molecule is Clc1ccc(-c2cn3nc(NCc4nncn4C4CC4)sc3n2)cc1. The van der Waals surface area contributed by atoms with Crippen molar-refractivity contribution in [3.05, 3.63) is 47.6 Å². The molecule has 0 amide bonds. The highest BCUT2D eigenvalue weighted by Crippen LogP contribution is 2.35. The fourth-order valence-electron chi connectivity index (χ4n) is 2.74. The van der Waals surface area contributed by atoms with Crippen LogP contribution in [0.25, 0.3) is 16.2 Å². The number of hydrogen-bond donors (Lipinski definition) is 1. The molecule has 0 aliphatic heterocycles. The van der Waals surface area contributed by atoms with Gasteiger partial charge < -0.3 is 9.88 Å². The summed E-state index contributed by atoms with van der Waals surface area (Å²) in [4.78, 5) is 5.48. The topological polar surface area (TPSA) is 72.9 Å². The number of nitrogens with zero attached hydrogens (tertiary/aromatic N) is 6. The van der Waals surface area contributed by atoms with Crippen molar-refractivity contribution in [2.24, 2.45) is 0 Å². The summed E-state index contributed by atoms with van der Waals surface area (Å²) in [7, 11) is 0. The number of benzene rings is 1. The number of aromatic nitrogens is 6. The van der Waals surface area contributed by atoms with Gasteiger partial charge in [0.05, 0.1) is 18.4 Å². The van der Waals surface area contributed by atoms with Gasteiger partial charge in [-0.1, -0.05) is 35.1 Å². The summed E-state index contributed by atoms with van der Waals surface area (Å²) in [5.41, 5.74) is 1.91. The van der Waals surface area contributed by atoms with Crippen LogP contribution in [-0.2, 0) is 6.54 Å². The van der Waals surface area contributed by atoms with E-state index in [9.17, 15) is 0 Å². The quantitative estimate of drug-likeness (QED) is 0.579. The maximum Gasteiger partial charge on any atom is 0.214 e. The molecule has 1 fully saturated rings. The summed E-state index contributed by atoms with van der Waals surface area (Å²) in [5.74, 6) is 0.942. The molecule has 1 aromatic carbocycles. The standard InChI is InChI=1S/C16H14ClN7S/c17-11-3-1-10(2-4-11)13-8-24-16(20-13)25-15(22-24)18-7-14-21-19-9-23(14)12-5-6-12/h1-4,8-9,12H,5-7H2,(H,18,22). The van der Waals surface area contributed by atoms with Crippen LogP contribution in [0.2, 0.25) is 5.02 Å². The Hall–Kier alpha value is -2.45. The van der Waals surface area contributed by atoms with Crippen LogP contribution in [0, 0.1) is 0 Å². The first-order chi connectivity index (χ1) is 12.3. The third-order valence-electron chi connectivity index (χ3n) is 4.17. The van der Waals surface area contributed by atoms with Gasteiger partial charge in [-0.05, 0) is 25.0 Å². The number of hydrogen-bond acceptors (Lipinski definition) is 6. The molecular formula is C16H14ClN7S. The Kier molecular flexibility index (Phi) is 3.46. The van der Waals surface area contributed by atoms with E-state index >= 15 is 0 Å². The van der Waals surface area contributed by atoms with Gasteiger partial charge in [-0.2, -0.15) is 0 Å². The zero-order chi connectivity index (χ0) is 16.8. The highest BCUT2D eigenvalue weighted by atomic mass is 35.5. The minimum absolute atomic E-state index is 0.572. The van der Waals surface area contributed by atoms with Crippen LogP contribution in [0.15, 0.2) is 36.8 Å². The second-order valence-electron chi connectivity index (χ2n) is 6.01. The van der Waals surface area contributed by atoms with Crippen LogP contribution in [0.4, 0.5) is 5.13 Å². The Labute approximate surface area is 152 Å². The molecule has 0 unspecified atom stereocenters. The van der Waals surface area contributed by atoms with Gasteiger partial charge in [0.25, 0.3) is 0 Å². The molecule has 7 nitrogen and oxygen atoms in total. The number of halogens is 1.